The summed E-state index contributed by atoms with van der Waals surface area (Å²) in [6, 6.07) is 3.95. The van der Waals surface area contributed by atoms with E-state index in [1.807, 2.05) is 13.8 Å². The van der Waals surface area contributed by atoms with Crippen molar-refractivity contribution in [3.05, 3.63) is 45.2 Å². The highest BCUT2D eigenvalue weighted by Crippen LogP contribution is 2.29. The van der Waals surface area contributed by atoms with Crippen LogP contribution in [0, 0.1) is 11.8 Å². The molecule has 0 saturated heterocycles. The van der Waals surface area contributed by atoms with Gasteiger partial charge in [-0.25, -0.2) is 0 Å². The average Bonchev–Trinajstić information content (AvgIpc) is 3.44. The molecule has 10 heteroatoms. The second-order valence-corrected chi connectivity index (χ2v) is 9.81. The lowest BCUT2D eigenvalue weighted by Gasteiger charge is -2.14. The minimum atomic E-state index is -0.717. The van der Waals surface area contributed by atoms with E-state index in [0.29, 0.717) is 22.8 Å². The van der Waals surface area contributed by atoms with E-state index in [0.717, 1.165) is 12.8 Å². The monoisotopic (exact) mass is 492 g/mol. The number of carbonyl (C=O) groups is 3. The number of anilines is 1. The molecule has 2 aromatic rings. The smallest absolute Gasteiger partial charge is 0.324 e. The van der Waals surface area contributed by atoms with Crippen LogP contribution in [0.4, 0.5) is 5.69 Å². The SMILES string of the molecule is CC(C)C(N)C(=O)OCn1ccsc1=NC(=O)c1ccc(NC(=O)CC2CCCC2)c(Cl)c1. The van der Waals surface area contributed by atoms with Gasteiger partial charge in [-0.05, 0) is 42.9 Å². The number of ether oxygens (including phenoxy) is 1. The molecule has 3 N–H and O–H groups in total. The van der Waals surface area contributed by atoms with Crippen LogP contribution >= 0.6 is 22.9 Å². The Bertz CT molecular complexity index is 1070. The molecule has 0 aliphatic heterocycles. The highest BCUT2D eigenvalue weighted by molar-refractivity contribution is 7.07. The van der Waals surface area contributed by atoms with E-state index in [2.05, 4.69) is 10.3 Å². The molecule has 1 aromatic carbocycles. The van der Waals surface area contributed by atoms with E-state index in [1.54, 1.807) is 28.3 Å². The van der Waals surface area contributed by atoms with E-state index >= 15 is 0 Å². The van der Waals surface area contributed by atoms with Gasteiger partial charge >= 0.3 is 5.97 Å². The van der Waals surface area contributed by atoms with Gasteiger partial charge in [0.05, 0.1) is 10.7 Å². The van der Waals surface area contributed by atoms with Crippen molar-refractivity contribution in [1.82, 2.24) is 4.57 Å². The minimum Gasteiger partial charge on any atom is -0.443 e. The molecular formula is C23H29ClN4O4S. The number of carbonyl (C=O) groups excluding carboxylic acids is 3. The van der Waals surface area contributed by atoms with E-state index in [1.165, 1.54) is 30.2 Å². The van der Waals surface area contributed by atoms with Crippen molar-refractivity contribution in [3.8, 4) is 0 Å². The summed E-state index contributed by atoms with van der Waals surface area (Å²) in [4.78, 5) is 41.4. The van der Waals surface area contributed by atoms with Crippen molar-refractivity contribution >= 4 is 46.4 Å². The average molecular weight is 493 g/mol. The predicted molar refractivity (Wildman–Crippen MR) is 128 cm³/mol. The molecule has 1 aliphatic rings. The van der Waals surface area contributed by atoms with Gasteiger partial charge in [-0.3, -0.25) is 19.0 Å². The molecule has 1 unspecified atom stereocenters. The van der Waals surface area contributed by atoms with Crippen molar-refractivity contribution in [3.63, 3.8) is 0 Å². The van der Waals surface area contributed by atoms with E-state index in [4.69, 9.17) is 22.1 Å². The molecular weight excluding hydrogens is 464 g/mol. The number of rotatable bonds is 8. The Labute approximate surface area is 201 Å². The topological polar surface area (TPSA) is 116 Å². The lowest BCUT2D eigenvalue weighted by Crippen LogP contribution is -2.37. The quantitative estimate of drug-likeness (QED) is 0.541. The van der Waals surface area contributed by atoms with Gasteiger partial charge in [0, 0.05) is 23.6 Å². The standard InChI is InChI=1S/C23H29ClN4O4S/c1-14(2)20(25)22(31)32-13-28-9-10-33-23(28)27-21(30)16-7-8-18(17(24)12-16)26-19(29)11-15-5-3-4-6-15/h7-10,12,14-15,20H,3-6,11,13,25H2,1-2H3,(H,26,29). The summed E-state index contributed by atoms with van der Waals surface area (Å²) in [5, 5.41) is 4.83. The van der Waals surface area contributed by atoms with Gasteiger partial charge in [0.25, 0.3) is 5.91 Å². The summed E-state index contributed by atoms with van der Waals surface area (Å²) in [5.74, 6) is -0.698. The first-order valence-corrected chi connectivity index (χ1v) is 12.2. The maximum Gasteiger partial charge on any atom is 0.324 e. The van der Waals surface area contributed by atoms with Gasteiger partial charge in [-0.15, -0.1) is 11.3 Å². The summed E-state index contributed by atoms with van der Waals surface area (Å²) in [5.41, 5.74) is 6.55. The van der Waals surface area contributed by atoms with Crippen LogP contribution < -0.4 is 15.9 Å². The fraction of sp³-hybridized carbons (Fsp3) is 0.478. The molecule has 1 aromatic heterocycles. The highest BCUT2D eigenvalue weighted by Gasteiger charge is 2.20. The molecule has 3 rings (SSSR count). The fourth-order valence-electron chi connectivity index (χ4n) is 3.57. The Hall–Kier alpha value is -2.49. The maximum absolute atomic E-state index is 12.7. The van der Waals surface area contributed by atoms with Crippen molar-refractivity contribution in [1.29, 1.82) is 0 Å². The maximum atomic E-state index is 12.7. The number of nitrogens with two attached hydrogens (primary N) is 1. The van der Waals surface area contributed by atoms with Crippen molar-refractivity contribution in [2.24, 2.45) is 22.6 Å². The van der Waals surface area contributed by atoms with Crippen LogP contribution in [0.5, 0.6) is 0 Å². The van der Waals surface area contributed by atoms with Crippen molar-refractivity contribution in [2.75, 3.05) is 5.32 Å². The first-order valence-electron chi connectivity index (χ1n) is 11.0. The lowest BCUT2D eigenvalue weighted by atomic mass is 10.0. The minimum absolute atomic E-state index is 0.0454. The number of amides is 2. The third-order valence-electron chi connectivity index (χ3n) is 5.63. The fourth-order valence-corrected chi connectivity index (χ4v) is 4.51. The number of thiazole rings is 1. The van der Waals surface area contributed by atoms with Crippen molar-refractivity contribution in [2.45, 2.75) is 58.7 Å². The van der Waals surface area contributed by atoms with Crippen LogP contribution in [0.1, 0.15) is 56.3 Å². The lowest BCUT2D eigenvalue weighted by molar-refractivity contribution is -0.150. The molecule has 0 radical (unpaired) electrons. The summed E-state index contributed by atoms with van der Waals surface area (Å²) in [6.07, 6.45) is 6.68. The van der Waals surface area contributed by atoms with Crippen LogP contribution in [0.2, 0.25) is 5.02 Å². The van der Waals surface area contributed by atoms with Crippen LogP contribution in [-0.4, -0.2) is 28.4 Å². The zero-order valence-electron chi connectivity index (χ0n) is 18.8. The number of benzene rings is 1. The van der Waals surface area contributed by atoms with E-state index in [-0.39, 0.29) is 29.1 Å². The molecule has 2 amide bonds. The van der Waals surface area contributed by atoms with Crippen molar-refractivity contribution < 1.29 is 19.1 Å². The van der Waals surface area contributed by atoms with Crippen LogP contribution in [0.3, 0.4) is 0 Å². The van der Waals surface area contributed by atoms with Crippen LogP contribution in [0.25, 0.3) is 0 Å². The summed E-state index contributed by atoms with van der Waals surface area (Å²) in [6.45, 7) is 3.57. The second-order valence-electron chi connectivity index (χ2n) is 8.53. The van der Waals surface area contributed by atoms with Gasteiger partial charge in [-0.2, -0.15) is 4.99 Å². The molecule has 1 heterocycles. The Morgan fingerprint density at radius 3 is 2.70 bits per heavy atom. The van der Waals surface area contributed by atoms with Gasteiger partial charge in [0.15, 0.2) is 11.5 Å². The molecule has 1 fully saturated rings. The van der Waals surface area contributed by atoms with Gasteiger partial charge in [0.1, 0.15) is 6.04 Å². The Morgan fingerprint density at radius 2 is 2.03 bits per heavy atom. The Morgan fingerprint density at radius 1 is 1.30 bits per heavy atom. The van der Waals surface area contributed by atoms with E-state index in [9.17, 15) is 14.4 Å². The number of nitrogens with zero attached hydrogens (tertiary/aromatic N) is 2. The third-order valence-corrected chi connectivity index (χ3v) is 6.74. The zero-order chi connectivity index (χ0) is 24.0. The zero-order valence-corrected chi connectivity index (χ0v) is 20.3. The van der Waals surface area contributed by atoms with Gasteiger partial charge < -0.3 is 15.8 Å². The molecule has 1 saturated carbocycles. The van der Waals surface area contributed by atoms with Crippen LogP contribution in [-0.2, 0) is 21.1 Å². The number of esters is 1. The number of halogens is 1. The second kappa shape index (κ2) is 11.6. The summed E-state index contributed by atoms with van der Waals surface area (Å²) in [7, 11) is 0. The van der Waals surface area contributed by atoms with Gasteiger partial charge in [0.2, 0.25) is 5.91 Å². The number of hydrogen-bond acceptors (Lipinski definition) is 6. The molecule has 0 spiro atoms. The largest absolute Gasteiger partial charge is 0.443 e. The Kier molecular flexibility index (Phi) is 8.82. The molecule has 33 heavy (non-hydrogen) atoms. The first-order chi connectivity index (χ1) is 15.7. The molecule has 0 bridgehead atoms. The molecule has 8 nitrogen and oxygen atoms in total. The Balaban J connectivity index is 1.64. The normalized spacial score (nSPS) is 15.6. The first kappa shape index (κ1) is 25.1. The summed E-state index contributed by atoms with van der Waals surface area (Å²) < 4.78 is 6.78. The van der Waals surface area contributed by atoms with E-state index < -0.39 is 17.9 Å². The van der Waals surface area contributed by atoms with Crippen LogP contribution in [0.15, 0.2) is 34.8 Å². The third kappa shape index (κ3) is 6.99. The molecule has 1 atom stereocenters. The highest BCUT2D eigenvalue weighted by atomic mass is 35.5. The number of aromatic nitrogens is 1. The predicted octanol–water partition coefficient (Wildman–Crippen LogP) is 3.95. The molecule has 178 valence electrons. The number of nitrogens with one attached hydrogen (secondary N) is 1. The molecule has 1 aliphatic carbocycles. The summed E-state index contributed by atoms with van der Waals surface area (Å²) >= 11 is 7.54. The number of hydrogen-bond donors (Lipinski definition) is 2. The van der Waals surface area contributed by atoms with Gasteiger partial charge in [-0.1, -0.05) is 38.3 Å².